The molecule has 0 spiro atoms. The average molecular weight is 290 g/mol. The van der Waals surface area contributed by atoms with Gasteiger partial charge in [-0.2, -0.15) is 0 Å². The molecule has 0 aliphatic heterocycles. The highest BCUT2D eigenvalue weighted by molar-refractivity contribution is 5.94. The zero-order valence-electron chi connectivity index (χ0n) is 13.0. The first-order chi connectivity index (χ1) is 10.1. The van der Waals surface area contributed by atoms with Gasteiger partial charge in [0.25, 0.3) is 5.91 Å². The van der Waals surface area contributed by atoms with E-state index in [1.165, 1.54) is 12.8 Å². The molecule has 1 unspecified atom stereocenters. The highest BCUT2D eigenvalue weighted by Crippen LogP contribution is 2.27. The monoisotopic (exact) mass is 290 g/mol. The Morgan fingerprint density at radius 1 is 1.33 bits per heavy atom. The Balaban J connectivity index is 1.85. The number of hydrogen-bond acceptors (Lipinski definition) is 3. The number of carbonyl (C=O) groups is 1. The summed E-state index contributed by atoms with van der Waals surface area (Å²) in [6.45, 7) is 3.37. The van der Waals surface area contributed by atoms with E-state index in [0.717, 1.165) is 25.1 Å². The number of hydrogen-bond donors (Lipinski definition) is 2. The second-order valence-corrected chi connectivity index (χ2v) is 5.88. The molecule has 1 atom stereocenters. The first kappa shape index (κ1) is 15.8. The van der Waals surface area contributed by atoms with Gasteiger partial charge in [-0.1, -0.05) is 12.8 Å². The minimum atomic E-state index is -0.415. The number of anilines is 1. The van der Waals surface area contributed by atoms with Gasteiger partial charge in [-0.05, 0) is 49.9 Å². The van der Waals surface area contributed by atoms with Crippen LogP contribution in [0.5, 0.6) is 0 Å². The van der Waals surface area contributed by atoms with Gasteiger partial charge in [-0.15, -0.1) is 0 Å². The molecule has 0 bridgehead atoms. The third kappa shape index (κ3) is 4.21. The molecule has 4 heteroatoms. The SMILES string of the molecule is CCN(C)c1ccc(C(=O)NCC(O)C2CCCC2)cc1. The third-order valence-electron chi connectivity index (χ3n) is 4.46. The Morgan fingerprint density at radius 3 is 2.52 bits per heavy atom. The summed E-state index contributed by atoms with van der Waals surface area (Å²) >= 11 is 0. The number of carbonyl (C=O) groups excluding carboxylic acids is 1. The zero-order valence-corrected chi connectivity index (χ0v) is 13.0. The van der Waals surface area contributed by atoms with Gasteiger partial charge in [0.1, 0.15) is 0 Å². The van der Waals surface area contributed by atoms with Crippen LogP contribution in [-0.4, -0.2) is 37.3 Å². The first-order valence-electron chi connectivity index (χ1n) is 7.89. The van der Waals surface area contributed by atoms with Gasteiger partial charge < -0.3 is 15.3 Å². The van der Waals surface area contributed by atoms with Gasteiger partial charge in [-0.3, -0.25) is 4.79 Å². The minimum Gasteiger partial charge on any atom is -0.391 e. The van der Waals surface area contributed by atoms with E-state index in [1.54, 1.807) is 0 Å². The molecule has 116 valence electrons. The van der Waals surface area contributed by atoms with E-state index in [9.17, 15) is 9.90 Å². The maximum absolute atomic E-state index is 12.1. The molecule has 2 rings (SSSR count). The van der Waals surface area contributed by atoms with Gasteiger partial charge in [0.05, 0.1) is 6.10 Å². The smallest absolute Gasteiger partial charge is 0.251 e. The summed E-state index contributed by atoms with van der Waals surface area (Å²) in [7, 11) is 2.02. The maximum atomic E-state index is 12.1. The van der Waals surface area contributed by atoms with Gasteiger partial charge in [0.2, 0.25) is 0 Å². The summed E-state index contributed by atoms with van der Waals surface area (Å²) in [6.07, 6.45) is 4.14. The predicted molar refractivity (Wildman–Crippen MR) is 85.7 cm³/mol. The van der Waals surface area contributed by atoms with E-state index in [1.807, 2.05) is 31.3 Å². The number of aliphatic hydroxyl groups is 1. The minimum absolute atomic E-state index is 0.113. The fraction of sp³-hybridized carbons (Fsp3) is 0.588. The summed E-state index contributed by atoms with van der Waals surface area (Å²) in [5.41, 5.74) is 1.74. The summed E-state index contributed by atoms with van der Waals surface area (Å²) in [5, 5.41) is 12.9. The molecule has 0 heterocycles. The molecule has 1 fully saturated rings. The fourth-order valence-corrected chi connectivity index (χ4v) is 2.86. The van der Waals surface area contributed by atoms with Crippen molar-refractivity contribution in [2.45, 2.75) is 38.7 Å². The molecular weight excluding hydrogens is 264 g/mol. The molecule has 0 saturated heterocycles. The Morgan fingerprint density at radius 2 is 1.95 bits per heavy atom. The summed E-state index contributed by atoms with van der Waals surface area (Å²) < 4.78 is 0. The van der Waals surface area contributed by atoms with E-state index >= 15 is 0 Å². The summed E-state index contributed by atoms with van der Waals surface area (Å²) in [6, 6.07) is 7.56. The van der Waals surface area contributed by atoms with E-state index < -0.39 is 6.10 Å². The van der Waals surface area contributed by atoms with E-state index in [-0.39, 0.29) is 5.91 Å². The van der Waals surface area contributed by atoms with E-state index in [4.69, 9.17) is 0 Å². The van der Waals surface area contributed by atoms with Crippen LogP contribution >= 0.6 is 0 Å². The lowest BCUT2D eigenvalue weighted by molar-refractivity contribution is 0.0840. The number of aliphatic hydroxyl groups excluding tert-OH is 1. The van der Waals surface area contributed by atoms with Crippen LogP contribution in [0.2, 0.25) is 0 Å². The van der Waals surface area contributed by atoms with Crippen LogP contribution < -0.4 is 10.2 Å². The van der Waals surface area contributed by atoms with Crippen LogP contribution in [0.3, 0.4) is 0 Å². The van der Waals surface area contributed by atoms with Crippen molar-refractivity contribution < 1.29 is 9.90 Å². The molecule has 21 heavy (non-hydrogen) atoms. The Kier molecular flexibility index (Phi) is 5.62. The second-order valence-electron chi connectivity index (χ2n) is 5.88. The van der Waals surface area contributed by atoms with Crippen molar-refractivity contribution in [1.82, 2.24) is 5.32 Å². The molecule has 1 saturated carbocycles. The second kappa shape index (κ2) is 7.46. The molecule has 0 aromatic heterocycles. The average Bonchev–Trinajstić information content (AvgIpc) is 3.06. The molecule has 1 aliphatic rings. The van der Waals surface area contributed by atoms with Crippen molar-refractivity contribution in [3.8, 4) is 0 Å². The normalized spacial score (nSPS) is 16.7. The van der Waals surface area contributed by atoms with Gasteiger partial charge in [0, 0.05) is 31.4 Å². The third-order valence-corrected chi connectivity index (χ3v) is 4.46. The number of nitrogens with one attached hydrogen (secondary N) is 1. The molecule has 1 aliphatic carbocycles. The van der Waals surface area contributed by atoms with E-state index in [0.29, 0.717) is 18.0 Å². The predicted octanol–water partition coefficient (Wildman–Crippen LogP) is 2.42. The number of nitrogens with zero attached hydrogens (tertiary/aromatic N) is 1. The number of rotatable bonds is 6. The quantitative estimate of drug-likeness (QED) is 0.846. The lowest BCUT2D eigenvalue weighted by Crippen LogP contribution is -2.35. The zero-order chi connectivity index (χ0) is 15.2. The summed E-state index contributed by atoms with van der Waals surface area (Å²) in [4.78, 5) is 14.2. The lowest BCUT2D eigenvalue weighted by atomic mass is 10.0. The van der Waals surface area contributed by atoms with Crippen molar-refractivity contribution in [3.05, 3.63) is 29.8 Å². The van der Waals surface area contributed by atoms with Crippen LogP contribution in [0.15, 0.2) is 24.3 Å². The molecular formula is C17H26N2O2. The molecule has 4 nitrogen and oxygen atoms in total. The molecule has 1 aromatic rings. The number of amides is 1. The van der Waals surface area contributed by atoms with Gasteiger partial charge >= 0.3 is 0 Å². The van der Waals surface area contributed by atoms with Crippen molar-refractivity contribution in [2.75, 3.05) is 25.0 Å². The van der Waals surface area contributed by atoms with Crippen LogP contribution in [0, 0.1) is 5.92 Å². The van der Waals surface area contributed by atoms with Crippen LogP contribution in [0.25, 0.3) is 0 Å². The molecule has 2 N–H and O–H groups in total. The van der Waals surface area contributed by atoms with Crippen molar-refractivity contribution >= 4 is 11.6 Å². The largest absolute Gasteiger partial charge is 0.391 e. The number of benzene rings is 1. The topological polar surface area (TPSA) is 52.6 Å². The van der Waals surface area contributed by atoms with Crippen LogP contribution in [0.1, 0.15) is 43.0 Å². The molecule has 1 amide bonds. The standard InChI is InChI=1S/C17H26N2O2/c1-3-19(2)15-10-8-14(9-11-15)17(21)18-12-16(20)13-6-4-5-7-13/h8-11,13,16,20H,3-7,12H2,1-2H3,(H,18,21). The van der Waals surface area contributed by atoms with Crippen LogP contribution in [0.4, 0.5) is 5.69 Å². The Hall–Kier alpha value is -1.55. The Bertz CT molecular complexity index is 452. The first-order valence-corrected chi connectivity index (χ1v) is 7.89. The van der Waals surface area contributed by atoms with Crippen molar-refractivity contribution in [1.29, 1.82) is 0 Å². The molecule has 0 radical (unpaired) electrons. The lowest BCUT2D eigenvalue weighted by Gasteiger charge is -2.19. The molecule has 1 aromatic carbocycles. The van der Waals surface area contributed by atoms with Gasteiger partial charge in [-0.25, -0.2) is 0 Å². The van der Waals surface area contributed by atoms with Crippen molar-refractivity contribution in [2.24, 2.45) is 5.92 Å². The van der Waals surface area contributed by atoms with Crippen LogP contribution in [-0.2, 0) is 0 Å². The maximum Gasteiger partial charge on any atom is 0.251 e. The fourth-order valence-electron chi connectivity index (χ4n) is 2.86. The highest BCUT2D eigenvalue weighted by Gasteiger charge is 2.23. The van der Waals surface area contributed by atoms with Crippen molar-refractivity contribution in [3.63, 3.8) is 0 Å². The Labute approximate surface area is 127 Å². The summed E-state index contributed by atoms with van der Waals surface area (Å²) in [5.74, 6) is 0.239. The van der Waals surface area contributed by atoms with E-state index in [2.05, 4.69) is 17.1 Å². The van der Waals surface area contributed by atoms with Gasteiger partial charge in [0.15, 0.2) is 0 Å². The highest BCUT2D eigenvalue weighted by atomic mass is 16.3.